The number of benzene rings is 1. The van der Waals surface area contributed by atoms with E-state index in [0.29, 0.717) is 23.9 Å². The molecule has 0 atom stereocenters. The normalized spacial score (nSPS) is 15.3. The molecule has 0 amide bonds. The van der Waals surface area contributed by atoms with Crippen LogP contribution in [0.2, 0.25) is 0 Å². The number of ether oxygens (including phenoxy) is 1. The maximum atomic E-state index is 10.1. The minimum absolute atomic E-state index is 0.152. The van der Waals surface area contributed by atoms with E-state index >= 15 is 0 Å². The molecule has 34 heavy (non-hydrogen) atoms. The fourth-order valence-electron chi connectivity index (χ4n) is 4.89. The Morgan fingerprint density at radius 1 is 1.12 bits per heavy atom. The number of aryl methyl sites for hydroxylation is 2. The van der Waals surface area contributed by atoms with Crippen molar-refractivity contribution >= 4 is 22.7 Å². The molecule has 1 aliphatic carbocycles. The summed E-state index contributed by atoms with van der Waals surface area (Å²) in [6, 6.07) is 12.7. The van der Waals surface area contributed by atoms with Gasteiger partial charge in [-0.15, -0.1) is 0 Å². The van der Waals surface area contributed by atoms with Crippen molar-refractivity contribution in [2.45, 2.75) is 71.8 Å². The topological polar surface area (TPSA) is 82.6 Å². The number of nitrogens with zero attached hydrogens (tertiary/aromatic N) is 2. The van der Waals surface area contributed by atoms with E-state index in [4.69, 9.17) is 15.1 Å². The van der Waals surface area contributed by atoms with Crippen LogP contribution >= 0.6 is 0 Å². The Morgan fingerprint density at radius 2 is 1.85 bits per heavy atom. The molecule has 1 aliphatic rings. The number of aliphatic hydroxyl groups excluding tert-OH is 1. The number of hydrogen-bond donors (Lipinski definition) is 3. The molecule has 0 bridgehead atoms. The van der Waals surface area contributed by atoms with Gasteiger partial charge in [0.25, 0.3) is 0 Å². The number of allylic oxidation sites excluding steroid dienone is 2. The number of hydrogen-bond acceptors (Lipinski definition) is 5. The third-order valence-electron chi connectivity index (χ3n) is 6.55. The van der Waals surface area contributed by atoms with E-state index in [9.17, 15) is 5.11 Å². The predicted molar refractivity (Wildman–Crippen MR) is 139 cm³/mol. The molecule has 0 aliphatic heterocycles. The Hall–Kier alpha value is -3.28. The second kappa shape index (κ2) is 10.8. The molecule has 180 valence electrons. The summed E-state index contributed by atoms with van der Waals surface area (Å²) in [6.45, 7) is 5.99. The highest BCUT2D eigenvalue weighted by Crippen LogP contribution is 2.28. The molecular weight excluding hydrogens is 424 g/mol. The summed E-state index contributed by atoms with van der Waals surface area (Å²) < 4.78 is 7.69. The van der Waals surface area contributed by atoms with Crippen LogP contribution in [0, 0.1) is 5.41 Å². The van der Waals surface area contributed by atoms with Crippen LogP contribution in [0.1, 0.15) is 69.7 Å². The van der Waals surface area contributed by atoms with Gasteiger partial charge in [0, 0.05) is 23.5 Å². The summed E-state index contributed by atoms with van der Waals surface area (Å²) in [5.74, 6) is 2.12. The molecule has 1 saturated carbocycles. The maximum Gasteiger partial charge on any atom is 0.139 e. The van der Waals surface area contributed by atoms with E-state index in [-0.39, 0.29) is 5.76 Å². The van der Waals surface area contributed by atoms with Crippen LogP contribution in [0.25, 0.3) is 11.2 Å². The van der Waals surface area contributed by atoms with Gasteiger partial charge in [-0.1, -0.05) is 31.4 Å². The first kappa shape index (κ1) is 23.9. The second-order valence-corrected chi connectivity index (χ2v) is 9.19. The number of anilines is 1. The van der Waals surface area contributed by atoms with Gasteiger partial charge < -0.3 is 20.6 Å². The summed E-state index contributed by atoms with van der Waals surface area (Å²) in [4.78, 5) is 5.00. The number of aliphatic hydroxyl groups is 1. The molecule has 0 saturated heterocycles. The zero-order chi connectivity index (χ0) is 24.1. The van der Waals surface area contributed by atoms with Crippen LogP contribution in [0.15, 0.2) is 48.4 Å². The van der Waals surface area contributed by atoms with Gasteiger partial charge in [0.15, 0.2) is 0 Å². The number of imidazole rings is 1. The van der Waals surface area contributed by atoms with Crippen LogP contribution < -0.4 is 10.1 Å². The van der Waals surface area contributed by atoms with E-state index in [0.717, 1.165) is 41.3 Å². The molecule has 6 nitrogen and oxygen atoms in total. The van der Waals surface area contributed by atoms with Crippen molar-refractivity contribution in [1.82, 2.24) is 9.38 Å². The Labute approximate surface area is 202 Å². The molecule has 3 N–H and O–H groups in total. The minimum Gasteiger partial charge on any atom is -0.512 e. The Kier molecular flexibility index (Phi) is 7.56. The lowest BCUT2D eigenvalue weighted by atomic mass is 9.95. The molecule has 6 heteroatoms. The van der Waals surface area contributed by atoms with E-state index < -0.39 is 0 Å². The first-order chi connectivity index (χ1) is 16.5. The quantitative estimate of drug-likeness (QED) is 0.248. The zero-order valence-electron chi connectivity index (χ0n) is 20.5. The average molecular weight is 461 g/mol. The Bertz CT molecular complexity index is 1170. The number of nitrogens with one attached hydrogen (secondary N) is 2. The summed E-state index contributed by atoms with van der Waals surface area (Å²) in [7, 11) is 0. The maximum absolute atomic E-state index is 10.1. The Balaban J connectivity index is 1.65. The standard InChI is InChI=1S/C28H36N4O2/c1-4-34-24-13-10-21(11-14-24)12-15-25-28(30-23-8-6-5-7-9-23)32-17-16-22(18-26(32)31-25)27(19(2)29)20(3)33/h10-11,13-14,16-18,23,29-30,33H,4-9,12,15H2,1-3H3/b27-20+,29-19?. The fraction of sp³-hybridized carbons (Fsp3) is 0.429. The van der Waals surface area contributed by atoms with Gasteiger partial charge in [-0.25, -0.2) is 4.98 Å². The lowest BCUT2D eigenvalue weighted by molar-refractivity contribution is 0.340. The number of rotatable bonds is 9. The van der Waals surface area contributed by atoms with Crippen LogP contribution in [0.3, 0.4) is 0 Å². The van der Waals surface area contributed by atoms with Gasteiger partial charge >= 0.3 is 0 Å². The van der Waals surface area contributed by atoms with Gasteiger partial charge in [-0.3, -0.25) is 4.40 Å². The van der Waals surface area contributed by atoms with Gasteiger partial charge in [0.1, 0.15) is 17.2 Å². The van der Waals surface area contributed by atoms with E-state index in [1.165, 1.54) is 37.7 Å². The number of aromatic nitrogens is 2. The molecule has 2 aromatic heterocycles. The molecule has 0 spiro atoms. The van der Waals surface area contributed by atoms with Crippen LogP contribution in [-0.2, 0) is 12.8 Å². The third kappa shape index (κ3) is 5.44. The largest absolute Gasteiger partial charge is 0.512 e. The third-order valence-corrected chi connectivity index (χ3v) is 6.55. The van der Waals surface area contributed by atoms with E-state index in [2.05, 4.69) is 21.9 Å². The first-order valence-corrected chi connectivity index (χ1v) is 12.4. The van der Waals surface area contributed by atoms with Crippen LogP contribution in [0.4, 0.5) is 5.82 Å². The van der Waals surface area contributed by atoms with Crippen molar-refractivity contribution in [3.63, 3.8) is 0 Å². The lowest BCUT2D eigenvalue weighted by Gasteiger charge is -2.24. The zero-order valence-corrected chi connectivity index (χ0v) is 20.5. The highest BCUT2D eigenvalue weighted by atomic mass is 16.5. The molecule has 3 aromatic rings. The smallest absolute Gasteiger partial charge is 0.139 e. The monoisotopic (exact) mass is 460 g/mol. The van der Waals surface area contributed by atoms with Gasteiger partial charge in [0.2, 0.25) is 0 Å². The highest BCUT2D eigenvalue weighted by molar-refractivity contribution is 6.21. The van der Waals surface area contributed by atoms with Gasteiger partial charge in [-0.05, 0) is 81.8 Å². The minimum atomic E-state index is 0.152. The molecular formula is C28H36N4O2. The van der Waals surface area contributed by atoms with Crippen molar-refractivity contribution in [2.75, 3.05) is 11.9 Å². The van der Waals surface area contributed by atoms with E-state index in [1.54, 1.807) is 13.8 Å². The van der Waals surface area contributed by atoms with E-state index in [1.807, 2.05) is 37.4 Å². The van der Waals surface area contributed by atoms with Crippen molar-refractivity contribution < 1.29 is 9.84 Å². The molecule has 0 radical (unpaired) electrons. The molecule has 4 rings (SSSR count). The molecule has 1 aromatic carbocycles. The van der Waals surface area contributed by atoms with Crippen molar-refractivity contribution in [1.29, 1.82) is 5.41 Å². The summed E-state index contributed by atoms with van der Waals surface area (Å²) in [6.07, 6.45) is 9.95. The molecule has 2 heterocycles. The first-order valence-electron chi connectivity index (χ1n) is 12.4. The highest BCUT2D eigenvalue weighted by Gasteiger charge is 2.20. The van der Waals surface area contributed by atoms with Gasteiger partial charge in [-0.2, -0.15) is 0 Å². The molecule has 0 unspecified atom stereocenters. The van der Waals surface area contributed by atoms with Crippen molar-refractivity contribution in [3.05, 3.63) is 65.2 Å². The summed E-state index contributed by atoms with van der Waals surface area (Å²) in [5.41, 5.74) is 4.85. The summed E-state index contributed by atoms with van der Waals surface area (Å²) >= 11 is 0. The van der Waals surface area contributed by atoms with Crippen LogP contribution in [-0.4, -0.2) is 32.9 Å². The SMILES string of the molecule is CCOc1ccc(CCc2nc3cc(/C(C(C)=N)=C(\C)O)ccn3c2NC2CCCCC2)cc1. The molecule has 1 fully saturated rings. The average Bonchev–Trinajstić information content (AvgIpc) is 3.15. The predicted octanol–water partition coefficient (Wildman–Crippen LogP) is 6.59. The van der Waals surface area contributed by atoms with Crippen LogP contribution in [0.5, 0.6) is 5.75 Å². The number of pyridine rings is 1. The van der Waals surface area contributed by atoms with Crippen molar-refractivity contribution in [3.8, 4) is 5.75 Å². The number of fused-ring (bicyclic) bond motifs is 1. The Morgan fingerprint density at radius 3 is 2.50 bits per heavy atom. The van der Waals surface area contributed by atoms with Crippen molar-refractivity contribution in [2.24, 2.45) is 0 Å². The second-order valence-electron chi connectivity index (χ2n) is 9.19. The lowest BCUT2D eigenvalue weighted by Crippen LogP contribution is -2.23. The van der Waals surface area contributed by atoms with Gasteiger partial charge in [0.05, 0.1) is 18.1 Å². The summed E-state index contributed by atoms with van der Waals surface area (Å²) in [5, 5.41) is 22.0. The fourth-order valence-corrected chi connectivity index (χ4v) is 4.89.